The first-order chi connectivity index (χ1) is 18.3. The molecule has 3 N–H and O–H groups in total. The lowest BCUT2D eigenvalue weighted by Gasteiger charge is -2.23. The van der Waals surface area contributed by atoms with Gasteiger partial charge >= 0.3 is 0 Å². The van der Waals surface area contributed by atoms with E-state index in [-0.39, 0.29) is 17.7 Å². The Hall–Kier alpha value is -4.43. The van der Waals surface area contributed by atoms with Crippen molar-refractivity contribution in [3.05, 3.63) is 89.5 Å². The van der Waals surface area contributed by atoms with Crippen molar-refractivity contribution < 1.29 is 14.4 Å². The van der Waals surface area contributed by atoms with Crippen LogP contribution in [0.25, 0.3) is 11.3 Å². The molecule has 1 aliphatic rings. The largest absolute Gasteiger partial charge is 0.354 e. The average molecular weight is 512 g/mol. The fraction of sp³-hybridized carbons (Fsp3) is 0.233. The fourth-order valence-electron chi connectivity index (χ4n) is 4.35. The lowest BCUT2D eigenvalue weighted by atomic mass is 9.99. The molecule has 0 saturated heterocycles. The summed E-state index contributed by atoms with van der Waals surface area (Å²) in [5.41, 5.74) is 5.37. The molecule has 0 radical (unpaired) electrons. The van der Waals surface area contributed by atoms with Crippen LogP contribution in [0.4, 0.5) is 17.1 Å². The molecule has 1 heterocycles. The number of anilines is 3. The van der Waals surface area contributed by atoms with Crippen LogP contribution in [0.5, 0.6) is 0 Å². The number of carbonyl (C=O) groups excluding carboxylic acids is 3. The number of likely N-dealkylation sites (N-methyl/N-ethyl adjacent to an activating group) is 1. The number of nitrogens with zero attached hydrogens (tertiary/aromatic N) is 2. The molecular weight excluding hydrogens is 478 g/mol. The summed E-state index contributed by atoms with van der Waals surface area (Å²) in [6, 6.07) is 22.5. The highest BCUT2D eigenvalue weighted by Crippen LogP contribution is 2.38. The molecule has 0 unspecified atom stereocenters. The van der Waals surface area contributed by atoms with Gasteiger partial charge in [0.1, 0.15) is 0 Å². The fourth-order valence-corrected chi connectivity index (χ4v) is 4.35. The standard InChI is InChI=1S/C30H33N5O3/c1-5-31-29(37)22-11-16-25-26(19-22)33-30(38)27(25)28(21-9-7-6-8-10-21)32-23-12-14-24(15-13-23)35(20(2)36)18-17-34(3)4/h6-16,19,32H,5,17-18H2,1-4H3,(H,31,37)(H,33,38)/b28-27-. The molecule has 3 amide bonds. The van der Waals surface area contributed by atoms with Gasteiger partial charge in [-0.2, -0.15) is 0 Å². The van der Waals surface area contributed by atoms with Crippen LogP contribution in [0.2, 0.25) is 0 Å². The van der Waals surface area contributed by atoms with Gasteiger partial charge in [-0.25, -0.2) is 0 Å². The SMILES string of the molecule is CCNC(=O)c1ccc2c(c1)NC(=O)/C2=C(\Nc1ccc(N(CCN(C)C)C(C)=O)cc1)c1ccccc1. The summed E-state index contributed by atoms with van der Waals surface area (Å²) in [4.78, 5) is 41.6. The van der Waals surface area contributed by atoms with Crippen molar-refractivity contribution in [3.8, 4) is 0 Å². The molecule has 0 aromatic heterocycles. The van der Waals surface area contributed by atoms with Gasteiger partial charge in [-0.15, -0.1) is 0 Å². The number of rotatable bonds is 9. The smallest absolute Gasteiger partial charge is 0.258 e. The average Bonchev–Trinajstić information content (AvgIpc) is 3.23. The zero-order valence-corrected chi connectivity index (χ0v) is 22.2. The van der Waals surface area contributed by atoms with Crippen molar-refractivity contribution in [2.75, 3.05) is 49.3 Å². The number of carbonyl (C=O) groups is 3. The maximum absolute atomic E-state index is 13.2. The predicted molar refractivity (Wildman–Crippen MR) is 153 cm³/mol. The highest BCUT2D eigenvalue weighted by atomic mass is 16.2. The van der Waals surface area contributed by atoms with Crippen LogP contribution >= 0.6 is 0 Å². The Bertz CT molecular complexity index is 1360. The van der Waals surface area contributed by atoms with Crippen LogP contribution in [0.3, 0.4) is 0 Å². The lowest BCUT2D eigenvalue weighted by Crippen LogP contribution is -2.35. The van der Waals surface area contributed by atoms with Crippen LogP contribution < -0.4 is 20.9 Å². The van der Waals surface area contributed by atoms with Gasteiger partial charge in [-0.05, 0) is 63.0 Å². The van der Waals surface area contributed by atoms with Gasteiger partial charge in [0, 0.05) is 54.7 Å². The van der Waals surface area contributed by atoms with Gasteiger partial charge in [0.05, 0.1) is 11.3 Å². The van der Waals surface area contributed by atoms with Gasteiger partial charge < -0.3 is 25.8 Å². The second-order valence-corrected chi connectivity index (χ2v) is 9.34. The molecule has 0 bridgehead atoms. The molecule has 0 spiro atoms. The summed E-state index contributed by atoms with van der Waals surface area (Å²) in [6.07, 6.45) is 0. The quantitative estimate of drug-likeness (QED) is 0.373. The number of hydrogen-bond acceptors (Lipinski definition) is 5. The zero-order chi connectivity index (χ0) is 27.2. The summed E-state index contributed by atoms with van der Waals surface area (Å²) in [5, 5.41) is 9.14. The Kier molecular flexibility index (Phi) is 8.23. The second-order valence-electron chi connectivity index (χ2n) is 9.34. The Balaban J connectivity index is 1.71. The molecule has 3 aromatic rings. The second kappa shape index (κ2) is 11.7. The van der Waals surface area contributed by atoms with Crippen molar-refractivity contribution in [3.63, 3.8) is 0 Å². The van der Waals surface area contributed by atoms with Gasteiger partial charge in [-0.3, -0.25) is 14.4 Å². The molecule has 8 nitrogen and oxygen atoms in total. The number of nitrogens with one attached hydrogen (secondary N) is 3. The third-order valence-electron chi connectivity index (χ3n) is 6.28. The summed E-state index contributed by atoms with van der Waals surface area (Å²) in [5.74, 6) is -0.456. The minimum atomic E-state index is -0.248. The molecule has 1 aliphatic heterocycles. The van der Waals surface area contributed by atoms with Crippen molar-refractivity contribution in [1.82, 2.24) is 10.2 Å². The van der Waals surface area contributed by atoms with E-state index in [2.05, 4.69) is 16.0 Å². The van der Waals surface area contributed by atoms with Gasteiger partial charge in [-0.1, -0.05) is 36.4 Å². The number of amides is 3. The predicted octanol–water partition coefficient (Wildman–Crippen LogP) is 4.28. The van der Waals surface area contributed by atoms with Crippen molar-refractivity contribution >= 4 is 46.1 Å². The van der Waals surface area contributed by atoms with E-state index in [0.717, 1.165) is 29.0 Å². The maximum Gasteiger partial charge on any atom is 0.258 e. The van der Waals surface area contributed by atoms with E-state index in [1.54, 1.807) is 30.0 Å². The maximum atomic E-state index is 13.2. The van der Waals surface area contributed by atoms with E-state index in [0.29, 0.717) is 35.6 Å². The third kappa shape index (κ3) is 5.92. The molecule has 4 rings (SSSR count). The van der Waals surface area contributed by atoms with E-state index >= 15 is 0 Å². The Labute approximate surface area is 223 Å². The molecule has 3 aromatic carbocycles. The molecule has 0 aliphatic carbocycles. The zero-order valence-electron chi connectivity index (χ0n) is 22.2. The number of hydrogen-bond donors (Lipinski definition) is 3. The molecule has 0 fully saturated rings. The minimum absolute atomic E-state index is 0.0223. The Morgan fingerprint density at radius 1 is 0.895 bits per heavy atom. The topological polar surface area (TPSA) is 93.8 Å². The van der Waals surface area contributed by atoms with E-state index in [4.69, 9.17) is 0 Å². The summed E-state index contributed by atoms with van der Waals surface area (Å²) in [6.45, 7) is 5.28. The van der Waals surface area contributed by atoms with Gasteiger partial charge in [0.25, 0.3) is 11.8 Å². The molecule has 0 saturated carbocycles. The van der Waals surface area contributed by atoms with Crippen LogP contribution in [-0.2, 0) is 9.59 Å². The normalized spacial score (nSPS) is 13.6. The van der Waals surface area contributed by atoms with Crippen molar-refractivity contribution in [2.24, 2.45) is 0 Å². The molecular formula is C30H33N5O3. The van der Waals surface area contributed by atoms with Gasteiger partial charge in [0.2, 0.25) is 5.91 Å². The molecule has 38 heavy (non-hydrogen) atoms. The lowest BCUT2D eigenvalue weighted by molar-refractivity contribution is -0.116. The van der Waals surface area contributed by atoms with Crippen LogP contribution in [0, 0.1) is 0 Å². The van der Waals surface area contributed by atoms with E-state index in [1.807, 2.05) is 80.5 Å². The Morgan fingerprint density at radius 3 is 2.24 bits per heavy atom. The number of fused-ring (bicyclic) bond motifs is 1. The monoisotopic (exact) mass is 511 g/mol. The first-order valence-electron chi connectivity index (χ1n) is 12.6. The molecule has 196 valence electrons. The van der Waals surface area contributed by atoms with Crippen molar-refractivity contribution in [1.29, 1.82) is 0 Å². The van der Waals surface area contributed by atoms with Gasteiger partial charge in [0.15, 0.2) is 0 Å². The van der Waals surface area contributed by atoms with E-state index in [9.17, 15) is 14.4 Å². The third-order valence-corrected chi connectivity index (χ3v) is 6.28. The summed E-state index contributed by atoms with van der Waals surface area (Å²) < 4.78 is 0. The van der Waals surface area contributed by atoms with Crippen molar-refractivity contribution in [2.45, 2.75) is 13.8 Å². The van der Waals surface area contributed by atoms with Crippen LogP contribution in [-0.4, -0.2) is 56.4 Å². The number of benzene rings is 3. The first kappa shape index (κ1) is 26.6. The highest BCUT2D eigenvalue weighted by molar-refractivity contribution is 6.37. The van der Waals surface area contributed by atoms with E-state index in [1.165, 1.54) is 0 Å². The Morgan fingerprint density at radius 2 is 1.61 bits per heavy atom. The summed E-state index contributed by atoms with van der Waals surface area (Å²) in [7, 11) is 3.95. The van der Waals surface area contributed by atoms with E-state index < -0.39 is 0 Å². The first-order valence-corrected chi connectivity index (χ1v) is 12.6. The highest BCUT2D eigenvalue weighted by Gasteiger charge is 2.29. The molecule has 8 heteroatoms. The van der Waals surface area contributed by atoms with Crippen LogP contribution in [0.15, 0.2) is 72.8 Å². The van der Waals surface area contributed by atoms with Crippen LogP contribution in [0.1, 0.15) is 35.3 Å². The minimum Gasteiger partial charge on any atom is -0.354 e. The molecule has 0 atom stereocenters. The summed E-state index contributed by atoms with van der Waals surface area (Å²) >= 11 is 0.